The van der Waals surface area contributed by atoms with Crippen molar-refractivity contribution in [2.24, 2.45) is 7.05 Å². The van der Waals surface area contributed by atoms with Gasteiger partial charge in [-0.3, -0.25) is 0 Å². The van der Waals surface area contributed by atoms with E-state index < -0.39 is 0 Å². The molecule has 1 aliphatic rings. The SMILES string of the molecule is Cn1ccc2c(Cl)cc(CCN3CCNCC3)cc21. The van der Waals surface area contributed by atoms with Gasteiger partial charge in [0.1, 0.15) is 0 Å². The molecule has 0 atom stereocenters. The van der Waals surface area contributed by atoms with E-state index in [9.17, 15) is 0 Å². The number of halogens is 1. The van der Waals surface area contributed by atoms with Gasteiger partial charge in [-0.2, -0.15) is 0 Å². The summed E-state index contributed by atoms with van der Waals surface area (Å²) in [6.07, 6.45) is 3.14. The van der Waals surface area contributed by atoms with Crippen molar-refractivity contribution >= 4 is 22.5 Å². The minimum atomic E-state index is 0.869. The van der Waals surface area contributed by atoms with E-state index in [0.29, 0.717) is 0 Å². The first kappa shape index (κ1) is 13.0. The summed E-state index contributed by atoms with van der Waals surface area (Å²) in [5.74, 6) is 0. The average Bonchev–Trinajstić information content (AvgIpc) is 2.80. The van der Waals surface area contributed by atoms with E-state index in [-0.39, 0.29) is 0 Å². The van der Waals surface area contributed by atoms with Crippen molar-refractivity contribution in [3.8, 4) is 0 Å². The summed E-state index contributed by atoms with van der Waals surface area (Å²) >= 11 is 6.36. The lowest BCUT2D eigenvalue weighted by molar-refractivity contribution is 0.244. The predicted molar refractivity (Wildman–Crippen MR) is 80.9 cm³/mol. The van der Waals surface area contributed by atoms with Crippen LogP contribution in [0.2, 0.25) is 5.02 Å². The third-order valence-electron chi connectivity index (χ3n) is 3.94. The van der Waals surface area contributed by atoms with Crippen molar-refractivity contribution < 1.29 is 0 Å². The molecule has 4 heteroatoms. The fourth-order valence-electron chi connectivity index (χ4n) is 2.75. The van der Waals surface area contributed by atoms with Gasteiger partial charge >= 0.3 is 0 Å². The summed E-state index contributed by atoms with van der Waals surface area (Å²) < 4.78 is 2.13. The van der Waals surface area contributed by atoms with Crippen LogP contribution in [0.4, 0.5) is 0 Å². The van der Waals surface area contributed by atoms with Gasteiger partial charge in [-0.1, -0.05) is 11.6 Å². The molecule has 1 aromatic heterocycles. The zero-order valence-corrected chi connectivity index (χ0v) is 12.1. The van der Waals surface area contributed by atoms with Crippen LogP contribution < -0.4 is 5.32 Å². The van der Waals surface area contributed by atoms with E-state index in [1.165, 1.54) is 11.1 Å². The van der Waals surface area contributed by atoms with Gasteiger partial charge in [0.05, 0.1) is 5.02 Å². The minimum absolute atomic E-state index is 0.869. The van der Waals surface area contributed by atoms with Gasteiger partial charge in [0.2, 0.25) is 0 Å². The number of benzene rings is 1. The van der Waals surface area contributed by atoms with Crippen molar-refractivity contribution in [3.05, 3.63) is 35.0 Å². The lowest BCUT2D eigenvalue weighted by atomic mass is 10.1. The number of nitrogens with one attached hydrogen (secondary N) is 1. The molecule has 3 rings (SSSR count). The predicted octanol–water partition coefficient (Wildman–Crippen LogP) is 2.28. The highest BCUT2D eigenvalue weighted by Crippen LogP contribution is 2.26. The third-order valence-corrected chi connectivity index (χ3v) is 4.25. The molecule has 1 aromatic carbocycles. The topological polar surface area (TPSA) is 20.2 Å². The molecule has 2 heterocycles. The van der Waals surface area contributed by atoms with Gasteiger partial charge in [-0.05, 0) is 30.2 Å². The first-order valence-corrected chi connectivity index (χ1v) is 7.28. The van der Waals surface area contributed by atoms with E-state index in [2.05, 4.69) is 46.2 Å². The number of piperazine rings is 1. The maximum absolute atomic E-state index is 6.36. The fourth-order valence-corrected chi connectivity index (χ4v) is 3.05. The zero-order chi connectivity index (χ0) is 13.2. The number of aryl methyl sites for hydroxylation is 1. The lowest BCUT2D eigenvalue weighted by Gasteiger charge is -2.27. The van der Waals surface area contributed by atoms with Crippen LogP contribution in [0.1, 0.15) is 5.56 Å². The van der Waals surface area contributed by atoms with Crippen molar-refractivity contribution in [2.75, 3.05) is 32.7 Å². The Hall–Kier alpha value is -1.03. The first-order chi connectivity index (χ1) is 9.24. The Morgan fingerprint density at radius 1 is 1.26 bits per heavy atom. The second kappa shape index (κ2) is 5.53. The summed E-state index contributed by atoms with van der Waals surface area (Å²) in [5, 5.41) is 5.40. The second-order valence-corrected chi connectivity index (χ2v) is 5.69. The largest absolute Gasteiger partial charge is 0.350 e. The first-order valence-electron chi connectivity index (χ1n) is 6.90. The standard InChI is InChI=1S/C15H20ClN3/c1-18-6-3-13-14(16)10-12(11-15(13)18)2-7-19-8-4-17-5-9-19/h3,6,10-11,17H,2,4-5,7-9H2,1H3. The minimum Gasteiger partial charge on any atom is -0.350 e. The Morgan fingerprint density at radius 3 is 2.84 bits per heavy atom. The molecule has 1 fully saturated rings. The number of hydrogen-bond acceptors (Lipinski definition) is 2. The van der Waals surface area contributed by atoms with Gasteiger partial charge in [-0.15, -0.1) is 0 Å². The molecule has 1 saturated heterocycles. The van der Waals surface area contributed by atoms with E-state index in [0.717, 1.165) is 49.6 Å². The number of hydrogen-bond donors (Lipinski definition) is 1. The highest BCUT2D eigenvalue weighted by Gasteiger charge is 2.10. The van der Waals surface area contributed by atoms with Gasteiger partial charge in [0, 0.05) is 56.9 Å². The van der Waals surface area contributed by atoms with Gasteiger partial charge < -0.3 is 14.8 Å². The smallest absolute Gasteiger partial charge is 0.0502 e. The number of aromatic nitrogens is 1. The molecule has 0 amide bonds. The Balaban J connectivity index is 1.75. The van der Waals surface area contributed by atoms with Crippen molar-refractivity contribution in [1.82, 2.24) is 14.8 Å². The number of fused-ring (bicyclic) bond motifs is 1. The summed E-state index contributed by atoms with van der Waals surface area (Å²) in [6.45, 7) is 5.64. The molecule has 0 bridgehead atoms. The normalized spacial score (nSPS) is 17.2. The molecular weight excluding hydrogens is 258 g/mol. The molecule has 0 aliphatic carbocycles. The van der Waals surface area contributed by atoms with Gasteiger partial charge in [-0.25, -0.2) is 0 Å². The van der Waals surface area contributed by atoms with Crippen LogP contribution in [0.3, 0.4) is 0 Å². The molecule has 1 aliphatic heterocycles. The molecule has 0 radical (unpaired) electrons. The molecule has 0 unspecified atom stereocenters. The molecule has 0 saturated carbocycles. The highest BCUT2D eigenvalue weighted by molar-refractivity contribution is 6.35. The zero-order valence-electron chi connectivity index (χ0n) is 11.3. The van der Waals surface area contributed by atoms with Gasteiger partial charge in [0.25, 0.3) is 0 Å². The molecule has 1 N–H and O–H groups in total. The Kier molecular flexibility index (Phi) is 3.78. The van der Waals surface area contributed by atoms with Crippen LogP contribution >= 0.6 is 11.6 Å². The van der Waals surface area contributed by atoms with Gasteiger partial charge in [0.15, 0.2) is 0 Å². The lowest BCUT2D eigenvalue weighted by Crippen LogP contribution is -2.44. The molecule has 3 nitrogen and oxygen atoms in total. The van der Waals surface area contributed by atoms with Crippen molar-refractivity contribution in [2.45, 2.75) is 6.42 Å². The number of nitrogens with zero attached hydrogens (tertiary/aromatic N) is 2. The van der Waals surface area contributed by atoms with E-state index in [1.807, 2.05) is 0 Å². The van der Waals surface area contributed by atoms with Crippen molar-refractivity contribution in [1.29, 1.82) is 0 Å². The Bertz CT molecular complexity index is 570. The summed E-state index contributed by atoms with van der Waals surface area (Å²) in [4.78, 5) is 2.51. The maximum Gasteiger partial charge on any atom is 0.0502 e. The average molecular weight is 278 g/mol. The Morgan fingerprint density at radius 2 is 2.05 bits per heavy atom. The van der Waals surface area contributed by atoms with Crippen LogP contribution in [0, 0.1) is 0 Å². The van der Waals surface area contributed by atoms with E-state index in [1.54, 1.807) is 0 Å². The molecule has 2 aromatic rings. The third kappa shape index (κ3) is 2.78. The molecule has 0 spiro atoms. The fraction of sp³-hybridized carbons (Fsp3) is 0.467. The summed E-state index contributed by atoms with van der Waals surface area (Å²) in [5.41, 5.74) is 2.56. The Labute approximate surface area is 119 Å². The monoisotopic (exact) mass is 277 g/mol. The van der Waals surface area contributed by atoms with Crippen molar-refractivity contribution in [3.63, 3.8) is 0 Å². The number of rotatable bonds is 3. The van der Waals surface area contributed by atoms with Crippen LogP contribution in [0.5, 0.6) is 0 Å². The quantitative estimate of drug-likeness (QED) is 0.929. The van der Waals surface area contributed by atoms with Crippen LogP contribution in [-0.2, 0) is 13.5 Å². The van der Waals surface area contributed by atoms with Crippen LogP contribution in [0.25, 0.3) is 10.9 Å². The van der Waals surface area contributed by atoms with Crippen LogP contribution in [0.15, 0.2) is 24.4 Å². The molecule has 19 heavy (non-hydrogen) atoms. The molecule has 102 valence electrons. The second-order valence-electron chi connectivity index (χ2n) is 5.28. The molecular formula is C15H20ClN3. The maximum atomic E-state index is 6.36. The summed E-state index contributed by atoms with van der Waals surface area (Å²) in [7, 11) is 2.07. The summed E-state index contributed by atoms with van der Waals surface area (Å²) in [6, 6.07) is 6.47. The van der Waals surface area contributed by atoms with E-state index >= 15 is 0 Å². The van der Waals surface area contributed by atoms with E-state index in [4.69, 9.17) is 11.6 Å². The van der Waals surface area contributed by atoms with Crippen LogP contribution in [-0.4, -0.2) is 42.2 Å². The highest BCUT2D eigenvalue weighted by atomic mass is 35.5.